The second kappa shape index (κ2) is 5.58. The fourth-order valence-corrected chi connectivity index (χ4v) is 3.19. The molecule has 1 amide bonds. The Morgan fingerprint density at radius 2 is 2.05 bits per heavy atom. The molecule has 0 aliphatic heterocycles. The molecular weight excluding hydrogens is 289 g/mol. The molecule has 1 aliphatic carbocycles. The first-order chi connectivity index (χ1) is 10.1. The Kier molecular flexibility index (Phi) is 3.78. The molecule has 110 valence electrons. The van der Waals surface area contributed by atoms with Gasteiger partial charge in [0, 0.05) is 11.4 Å². The molecule has 1 aromatic heterocycles. The molecule has 1 aromatic carbocycles. The van der Waals surface area contributed by atoms with Crippen LogP contribution < -0.4 is 5.32 Å². The maximum absolute atomic E-state index is 13.0. The molecule has 2 aromatic rings. The average molecular weight is 305 g/mol. The molecule has 5 heteroatoms. The van der Waals surface area contributed by atoms with E-state index in [1.165, 1.54) is 23.5 Å². The quantitative estimate of drug-likeness (QED) is 0.892. The number of nitrogens with one attached hydrogen (secondary N) is 1. The largest absolute Gasteiger partial charge is 0.386 e. The van der Waals surface area contributed by atoms with Gasteiger partial charge < -0.3 is 10.4 Å². The first-order valence-corrected chi connectivity index (χ1v) is 7.76. The Bertz CT molecular complexity index is 620. The van der Waals surface area contributed by atoms with Crippen LogP contribution in [0.3, 0.4) is 0 Å². The van der Waals surface area contributed by atoms with Crippen molar-refractivity contribution >= 4 is 17.2 Å². The first kappa shape index (κ1) is 14.2. The number of hydrogen-bond donors (Lipinski definition) is 2. The van der Waals surface area contributed by atoms with E-state index in [1.807, 2.05) is 17.5 Å². The molecule has 1 heterocycles. The van der Waals surface area contributed by atoms with Gasteiger partial charge >= 0.3 is 0 Å². The Labute approximate surface area is 126 Å². The van der Waals surface area contributed by atoms with Gasteiger partial charge in [-0.25, -0.2) is 4.39 Å². The summed E-state index contributed by atoms with van der Waals surface area (Å²) in [5, 5.41) is 14.7. The third kappa shape index (κ3) is 2.84. The zero-order valence-corrected chi connectivity index (χ0v) is 12.2. The molecule has 0 spiro atoms. The lowest BCUT2D eigenvalue weighted by Crippen LogP contribution is -2.37. The maximum atomic E-state index is 13.0. The number of aliphatic hydroxyl groups is 1. The third-order valence-electron chi connectivity index (χ3n) is 3.91. The van der Waals surface area contributed by atoms with Crippen molar-refractivity contribution in [2.45, 2.75) is 24.4 Å². The number of aliphatic hydroxyl groups excluding tert-OH is 1. The van der Waals surface area contributed by atoms with E-state index in [1.54, 1.807) is 12.1 Å². The Hall–Kier alpha value is -1.72. The Morgan fingerprint density at radius 1 is 1.33 bits per heavy atom. The van der Waals surface area contributed by atoms with Gasteiger partial charge in [0.05, 0.1) is 5.41 Å². The molecule has 0 saturated heterocycles. The lowest BCUT2D eigenvalue weighted by Gasteiger charge is -2.17. The summed E-state index contributed by atoms with van der Waals surface area (Å²) < 4.78 is 13.0. The molecule has 1 saturated carbocycles. The molecule has 21 heavy (non-hydrogen) atoms. The van der Waals surface area contributed by atoms with Crippen molar-refractivity contribution in [2.24, 2.45) is 0 Å². The number of carbonyl (C=O) groups is 1. The van der Waals surface area contributed by atoms with E-state index in [2.05, 4.69) is 5.32 Å². The number of thiophene rings is 1. The van der Waals surface area contributed by atoms with Gasteiger partial charge in [-0.1, -0.05) is 18.2 Å². The smallest absolute Gasteiger partial charge is 0.230 e. The molecule has 3 nitrogen and oxygen atoms in total. The molecule has 1 fully saturated rings. The van der Waals surface area contributed by atoms with Crippen LogP contribution in [-0.4, -0.2) is 17.6 Å². The molecule has 1 unspecified atom stereocenters. The second-order valence-electron chi connectivity index (χ2n) is 5.33. The van der Waals surface area contributed by atoms with Crippen LogP contribution in [0.1, 0.15) is 29.4 Å². The van der Waals surface area contributed by atoms with Gasteiger partial charge in [0.2, 0.25) is 5.91 Å². The summed E-state index contributed by atoms with van der Waals surface area (Å²) in [4.78, 5) is 13.2. The second-order valence-corrected chi connectivity index (χ2v) is 6.31. The summed E-state index contributed by atoms with van der Waals surface area (Å²) in [5.41, 5.74) is 0.301. The standard InChI is InChI=1S/C16H16FNO2S/c17-12-5-3-11(4-6-12)16(7-8-16)15(20)18-10-13(19)14-2-1-9-21-14/h1-6,9,13,19H,7-8,10H2,(H,18,20). The van der Waals surface area contributed by atoms with E-state index in [0.717, 1.165) is 23.3 Å². The molecule has 0 radical (unpaired) electrons. The summed E-state index contributed by atoms with van der Waals surface area (Å²) in [6, 6.07) is 9.79. The van der Waals surface area contributed by atoms with Crippen molar-refractivity contribution in [3.63, 3.8) is 0 Å². The molecule has 0 bridgehead atoms. The zero-order chi connectivity index (χ0) is 14.9. The fraction of sp³-hybridized carbons (Fsp3) is 0.312. The predicted molar refractivity (Wildman–Crippen MR) is 79.6 cm³/mol. The minimum atomic E-state index is -0.682. The molecule has 2 N–H and O–H groups in total. The van der Waals surface area contributed by atoms with Crippen LogP contribution in [0.4, 0.5) is 4.39 Å². The lowest BCUT2D eigenvalue weighted by molar-refractivity contribution is -0.124. The van der Waals surface area contributed by atoms with Crippen molar-refractivity contribution in [1.82, 2.24) is 5.32 Å². The summed E-state index contributed by atoms with van der Waals surface area (Å²) in [7, 11) is 0. The van der Waals surface area contributed by atoms with Gasteiger partial charge in [0.25, 0.3) is 0 Å². The van der Waals surface area contributed by atoms with Gasteiger partial charge in [-0.05, 0) is 42.0 Å². The van der Waals surface area contributed by atoms with E-state index >= 15 is 0 Å². The molecule has 1 atom stereocenters. The Balaban J connectivity index is 1.64. The maximum Gasteiger partial charge on any atom is 0.230 e. The van der Waals surface area contributed by atoms with Crippen molar-refractivity contribution in [3.8, 4) is 0 Å². The van der Waals surface area contributed by atoms with Crippen LogP contribution in [0, 0.1) is 5.82 Å². The SMILES string of the molecule is O=C(NCC(O)c1cccs1)C1(c2ccc(F)cc2)CC1. The van der Waals surface area contributed by atoms with Crippen LogP contribution in [0.5, 0.6) is 0 Å². The van der Waals surface area contributed by atoms with E-state index in [9.17, 15) is 14.3 Å². The summed E-state index contributed by atoms with van der Waals surface area (Å²) in [6.45, 7) is 0.197. The molecule has 1 aliphatic rings. The van der Waals surface area contributed by atoms with Crippen molar-refractivity contribution in [2.75, 3.05) is 6.54 Å². The third-order valence-corrected chi connectivity index (χ3v) is 4.88. The van der Waals surface area contributed by atoms with Crippen molar-refractivity contribution in [3.05, 3.63) is 58.0 Å². The Morgan fingerprint density at radius 3 is 2.62 bits per heavy atom. The van der Waals surface area contributed by atoms with Gasteiger partial charge in [-0.15, -0.1) is 11.3 Å². The predicted octanol–water partition coefficient (Wildman–Crippen LogP) is 2.77. The number of hydrogen-bond acceptors (Lipinski definition) is 3. The summed E-state index contributed by atoms with van der Waals surface area (Å²) >= 11 is 1.46. The summed E-state index contributed by atoms with van der Waals surface area (Å²) in [6.07, 6.45) is 0.844. The number of carbonyl (C=O) groups excluding carboxylic acids is 1. The normalized spacial score (nSPS) is 17.2. The van der Waals surface area contributed by atoms with E-state index in [0.29, 0.717) is 0 Å². The fourth-order valence-electron chi connectivity index (χ4n) is 2.48. The van der Waals surface area contributed by atoms with Gasteiger partial charge in [-0.3, -0.25) is 4.79 Å². The van der Waals surface area contributed by atoms with E-state index in [4.69, 9.17) is 0 Å². The summed E-state index contributed by atoms with van der Waals surface area (Å²) in [5.74, 6) is -0.396. The highest BCUT2D eigenvalue weighted by atomic mass is 32.1. The van der Waals surface area contributed by atoms with Gasteiger partial charge in [0.15, 0.2) is 0 Å². The number of benzene rings is 1. The van der Waals surface area contributed by atoms with E-state index in [-0.39, 0.29) is 18.3 Å². The molecule has 3 rings (SSSR count). The van der Waals surface area contributed by atoms with Crippen molar-refractivity contribution in [1.29, 1.82) is 0 Å². The highest BCUT2D eigenvalue weighted by Crippen LogP contribution is 2.48. The minimum absolute atomic E-state index is 0.0929. The molecular formula is C16H16FNO2S. The highest BCUT2D eigenvalue weighted by molar-refractivity contribution is 7.10. The lowest BCUT2D eigenvalue weighted by atomic mass is 9.95. The zero-order valence-electron chi connectivity index (χ0n) is 11.4. The van der Waals surface area contributed by atoms with Crippen LogP contribution in [0.25, 0.3) is 0 Å². The minimum Gasteiger partial charge on any atom is -0.386 e. The number of rotatable bonds is 5. The first-order valence-electron chi connectivity index (χ1n) is 6.88. The van der Waals surface area contributed by atoms with Crippen LogP contribution in [0.15, 0.2) is 41.8 Å². The van der Waals surface area contributed by atoms with Crippen molar-refractivity contribution < 1.29 is 14.3 Å². The number of halogens is 1. The van der Waals surface area contributed by atoms with Crippen LogP contribution >= 0.6 is 11.3 Å². The average Bonchev–Trinajstić information content (AvgIpc) is 3.11. The van der Waals surface area contributed by atoms with Gasteiger partial charge in [0.1, 0.15) is 11.9 Å². The topological polar surface area (TPSA) is 49.3 Å². The highest BCUT2D eigenvalue weighted by Gasteiger charge is 2.51. The van der Waals surface area contributed by atoms with E-state index < -0.39 is 11.5 Å². The van der Waals surface area contributed by atoms with Crippen LogP contribution in [0.2, 0.25) is 0 Å². The number of amides is 1. The van der Waals surface area contributed by atoms with Gasteiger partial charge in [-0.2, -0.15) is 0 Å². The van der Waals surface area contributed by atoms with Crippen LogP contribution in [-0.2, 0) is 10.2 Å². The monoisotopic (exact) mass is 305 g/mol.